The van der Waals surface area contributed by atoms with Crippen LogP contribution in [-0.2, 0) is 0 Å². The molecule has 0 amide bonds. The lowest BCUT2D eigenvalue weighted by Gasteiger charge is -2.13. The molecule has 1 heterocycles. The molecule has 2 N–H and O–H groups in total. The van der Waals surface area contributed by atoms with E-state index >= 15 is 0 Å². The Morgan fingerprint density at radius 2 is 1.80 bits per heavy atom. The van der Waals surface area contributed by atoms with Crippen LogP contribution in [0.1, 0.15) is 16.1 Å². The number of nitrogens with zero attached hydrogens (tertiary/aromatic N) is 2. The van der Waals surface area contributed by atoms with Crippen molar-refractivity contribution in [3.05, 3.63) is 47.7 Å². The first-order valence-electron chi connectivity index (χ1n) is 6.23. The standard InChI is InChI=1S/C15H17N3O2/c1-10-13(15(19)20)8-9-14(16-10)17-11-4-6-12(7-5-11)18(2)3/h4-9H,1-3H3,(H,16,17)(H,19,20). The number of nitrogens with one attached hydrogen (secondary N) is 1. The zero-order chi connectivity index (χ0) is 14.7. The third-order valence-corrected chi connectivity index (χ3v) is 2.97. The zero-order valence-electron chi connectivity index (χ0n) is 11.7. The number of anilines is 3. The van der Waals surface area contributed by atoms with Gasteiger partial charge in [-0.25, -0.2) is 9.78 Å². The van der Waals surface area contributed by atoms with E-state index in [1.165, 1.54) is 0 Å². The smallest absolute Gasteiger partial charge is 0.337 e. The molecule has 0 aliphatic rings. The monoisotopic (exact) mass is 271 g/mol. The van der Waals surface area contributed by atoms with E-state index in [4.69, 9.17) is 5.11 Å². The normalized spacial score (nSPS) is 10.2. The summed E-state index contributed by atoms with van der Waals surface area (Å²) in [6, 6.07) is 11.1. The molecule has 20 heavy (non-hydrogen) atoms. The molecule has 0 bridgehead atoms. The summed E-state index contributed by atoms with van der Waals surface area (Å²) < 4.78 is 0. The molecule has 2 aromatic rings. The molecular formula is C15H17N3O2. The van der Waals surface area contributed by atoms with Gasteiger partial charge >= 0.3 is 5.97 Å². The quantitative estimate of drug-likeness (QED) is 0.895. The zero-order valence-corrected chi connectivity index (χ0v) is 11.7. The maximum atomic E-state index is 10.9. The molecule has 104 valence electrons. The predicted molar refractivity (Wildman–Crippen MR) is 80.0 cm³/mol. The van der Waals surface area contributed by atoms with Gasteiger partial charge in [0, 0.05) is 25.5 Å². The average Bonchev–Trinajstić information content (AvgIpc) is 2.39. The lowest BCUT2D eigenvalue weighted by atomic mass is 10.2. The van der Waals surface area contributed by atoms with Gasteiger partial charge in [-0.3, -0.25) is 0 Å². The molecule has 0 aliphatic heterocycles. The van der Waals surface area contributed by atoms with Crippen molar-refractivity contribution in [2.75, 3.05) is 24.3 Å². The molecule has 0 atom stereocenters. The van der Waals surface area contributed by atoms with Crippen molar-refractivity contribution in [3.63, 3.8) is 0 Å². The van der Waals surface area contributed by atoms with Gasteiger partial charge in [0.25, 0.3) is 0 Å². The predicted octanol–water partition coefficient (Wildman–Crippen LogP) is 2.90. The Kier molecular flexibility index (Phi) is 3.89. The van der Waals surface area contributed by atoms with Crippen molar-refractivity contribution in [2.45, 2.75) is 6.92 Å². The minimum absolute atomic E-state index is 0.221. The summed E-state index contributed by atoms with van der Waals surface area (Å²) in [6.07, 6.45) is 0. The van der Waals surface area contributed by atoms with Crippen LogP contribution in [-0.4, -0.2) is 30.2 Å². The lowest BCUT2D eigenvalue weighted by molar-refractivity contribution is 0.0695. The number of carbonyl (C=O) groups is 1. The highest BCUT2D eigenvalue weighted by atomic mass is 16.4. The van der Waals surface area contributed by atoms with Crippen LogP contribution in [0.5, 0.6) is 0 Å². The van der Waals surface area contributed by atoms with E-state index in [2.05, 4.69) is 10.3 Å². The second-order valence-corrected chi connectivity index (χ2v) is 4.70. The van der Waals surface area contributed by atoms with E-state index in [0.29, 0.717) is 11.5 Å². The molecule has 0 saturated heterocycles. The van der Waals surface area contributed by atoms with Crippen LogP contribution in [0.4, 0.5) is 17.2 Å². The summed E-state index contributed by atoms with van der Waals surface area (Å²) in [7, 11) is 3.97. The van der Waals surface area contributed by atoms with Gasteiger partial charge in [0.05, 0.1) is 11.3 Å². The van der Waals surface area contributed by atoms with Crippen molar-refractivity contribution >= 4 is 23.2 Å². The van der Waals surface area contributed by atoms with Crippen LogP contribution in [0.15, 0.2) is 36.4 Å². The van der Waals surface area contributed by atoms with Crippen molar-refractivity contribution in [3.8, 4) is 0 Å². The minimum atomic E-state index is -0.961. The number of aromatic carboxylic acids is 1. The number of carboxylic acids is 1. The van der Waals surface area contributed by atoms with E-state index in [1.807, 2.05) is 43.3 Å². The maximum absolute atomic E-state index is 10.9. The molecule has 5 heteroatoms. The third-order valence-electron chi connectivity index (χ3n) is 2.97. The van der Waals surface area contributed by atoms with E-state index < -0.39 is 5.97 Å². The Hall–Kier alpha value is -2.56. The number of carboxylic acid groups (broad SMARTS) is 1. The van der Waals surface area contributed by atoms with Crippen LogP contribution in [0.2, 0.25) is 0 Å². The molecule has 5 nitrogen and oxygen atoms in total. The van der Waals surface area contributed by atoms with E-state index in [0.717, 1.165) is 11.4 Å². The van der Waals surface area contributed by atoms with Gasteiger partial charge in [0.15, 0.2) is 0 Å². The van der Waals surface area contributed by atoms with Crippen molar-refractivity contribution in [2.24, 2.45) is 0 Å². The fourth-order valence-electron chi connectivity index (χ4n) is 1.85. The molecule has 0 unspecified atom stereocenters. The summed E-state index contributed by atoms with van der Waals surface area (Å²) in [6.45, 7) is 1.68. The topological polar surface area (TPSA) is 65.5 Å². The molecule has 0 radical (unpaired) electrons. The van der Waals surface area contributed by atoms with Crippen molar-refractivity contribution in [1.29, 1.82) is 0 Å². The number of rotatable bonds is 4. The van der Waals surface area contributed by atoms with Gasteiger partial charge in [-0.15, -0.1) is 0 Å². The van der Waals surface area contributed by atoms with Gasteiger partial charge in [0.1, 0.15) is 5.82 Å². The second kappa shape index (κ2) is 5.61. The first kappa shape index (κ1) is 13.9. The highest BCUT2D eigenvalue weighted by Crippen LogP contribution is 2.20. The van der Waals surface area contributed by atoms with Crippen LogP contribution in [0, 0.1) is 6.92 Å². The fraction of sp³-hybridized carbons (Fsp3) is 0.200. The highest BCUT2D eigenvalue weighted by molar-refractivity contribution is 5.89. The van der Waals surface area contributed by atoms with Gasteiger partial charge in [-0.05, 0) is 43.3 Å². The van der Waals surface area contributed by atoms with Crippen molar-refractivity contribution in [1.82, 2.24) is 4.98 Å². The molecule has 0 aliphatic carbocycles. The lowest BCUT2D eigenvalue weighted by Crippen LogP contribution is -2.08. The Morgan fingerprint density at radius 3 is 2.30 bits per heavy atom. The van der Waals surface area contributed by atoms with Gasteiger partial charge in [-0.2, -0.15) is 0 Å². The van der Waals surface area contributed by atoms with Crippen LogP contribution in [0.3, 0.4) is 0 Å². The summed E-state index contributed by atoms with van der Waals surface area (Å²) >= 11 is 0. The summed E-state index contributed by atoms with van der Waals surface area (Å²) in [5.74, 6) is -0.331. The minimum Gasteiger partial charge on any atom is -0.478 e. The first-order valence-corrected chi connectivity index (χ1v) is 6.23. The molecular weight excluding hydrogens is 254 g/mol. The number of benzene rings is 1. The van der Waals surface area contributed by atoms with Crippen LogP contribution >= 0.6 is 0 Å². The maximum Gasteiger partial charge on any atom is 0.337 e. The van der Waals surface area contributed by atoms with E-state index in [1.54, 1.807) is 19.1 Å². The van der Waals surface area contributed by atoms with E-state index in [-0.39, 0.29) is 5.56 Å². The summed E-state index contributed by atoms with van der Waals surface area (Å²) in [4.78, 5) is 17.2. The SMILES string of the molecule is Cc1nc(Nc2ccc(N(C)C)cc2)ccc1C(=O)O. The van der Waals surface area contributed by atoms with Crippen LogP contribution in [0.25, 0.3) is 0 Å². The summed E-state index contributed by atoms with van der Waals surface area (Å²) in [5, 5.41) is 12.1. The Balaban J connectivity index is 2.17. The first-order chi connectivity index (χ1) is 9.47. The van der Waals surface area contributed by atoms with Gasteiger partial charge in [0.2, 0.25) is 0 Å². The number of hydrogen-bond donors (Lipinski definition) is 2. The van der Waals surface area contributed by atoms with Crippen LogP contribution < -0.4 is 10.2 Å². The number of aryl methyl sites for hydroxylation is 1. The fourth-order valence-corrected chi connectivity index (χ4v) is 1.85. The van der Waals surface area contributed by atoms with Crippen molar-refractivity contribution < 1.29 is 9.90 Å². The number of pyridine rings is 1. The Bertz CT molecular complexity index is 622. The average molecular weight is 271 g/mol. The van der Waals surface area contributed by atoms with Gasteiger partial charge in [-0.1, -0.05) is 0 Å². The van der Waals surface area contributed by atoms with Gasteiger partial charge < -0.3 is 15.3 Å². The molecule has 1 aromatic carbocycles. The molecule has 2 rings (SSSR count). The summed E-state index contributed by atoms with van der Waals surface area (Å²) in [5.41, 5.74) is 2.73. The third kappa shape index (κ3) is 3.06. The second-order valence-electron chi connectivity index (χ2n) is 4.70. The largest absolute Gasteiger partial charge is 0.478 e. The highest BCUT2D eigenvalue weighted by Gasteiger charge is 2.08. The van der Waals surface area contributed by atoms with E-state index in [9.17, 15) is 4.79 Å². The number of hydrogen-bond acceptors (Lipinski definition) is 4. The molecule has 1 aromatic heterocycles. The molecule has 0 fully saturated rings. The molecule has 0 spiro atoms. The molecule has 0 saturated carbocycles. The Morgan fingerprint density at radius 1 is 1.15 bits per heavy atom. The Labute approximate surface area is 117 Å². The number of aromatic nitrogens is 1.